The molecule has 0 saturated heterocycles. The van der Waals surface area contributed by atoms with E-state index < -0.39 is 0 Å². The highest BCUT2D eigenvalue weighted by atomic mass is 32.2. The van der Waals surface area contributed by atoms with Gasteiger partial charge in [0.15, 0.2) is 10.9 Å². The lowest BCUT2D eigenvalue weighted by Crippen LogP contribution is -2.02. The Kier molecular flexibility index (Phi) is 5.98. The first-order valence-corrected chi connectivity index (χ1v) is 8.45. The Bertz CT molecular complexity index is 710. The predicted octanol–water partition coefficient (Wildman–Crippen LogP) is 3.67. The van der Waals surface area contributed by atoms with Crippen molar-refractivity contribution in [2.45, 2.75) is 38.2 Å². The minimum Gasteiger partial charge on any atom is -0.494 e. The summed E-state index contributed by atoms with van der Waals surface area (Å²) >= 11 is 1.57. The van der Waals surface area contributed by atoms with E-state index in [4.69, 9.17) is 4.74 Å². The van der Waals surface area contributed by atoms with Gasteiger partial charge < -0.3 is 9.30 Å². The number of allylic oxidation sites excluding steroid dienone is 1. The van der Waals surface area contributed by atoms with Gasteiger partial charge in [-0.1, -0.05) is 17.8 Å². The van der Waals surface area contributed by atoms with Crippen LogP contribution in [-0.4, -0.2) is 27.2 Å². The van der Waals surface area contributed by atoms with E-state index in [1.165, 1.54) is 0 Å². The molecule has 2 aromatic rings. The van der Waals surface area contributed by atoms with Crippen LogP contribution in [0.2, 0.25) is 0 Å². The number of carbonyl (C=O) groups excluding carboxylic acids is 1. The number of ketones is 1. The van der Waals surface area contributed by atoms with Crippen molar-refractivity contribution >= 4 is 17.5 Å². The monoisotopic (exact) mass is 331 g/mol. The number of rotatable bonds is 8. The van der Waals surface area contributed by atoms with Gasteiger partial charge in [-0.3, -0.25) is 4.79 Å². The molecule has 0 atom stereocenters. The third kappa shape index (κ3) is 4.22. The first-order valence-electron chi connectivity index (χ1n) is 7.47. The molecular weight excluding hydrogens is 310 g/mol. The van der Waals surface area contributed by atoms with Crippen LogP contribution >= 0.6 is 11.8 Å². The molecule has 0 N–H and O–H groups in total. The van der Waals surface area contributed by atoms with Crippen molar-refractivity contribution < 1.29 is 9.53 Å². The van der Waals surface area contributed by atoms with Crippen LogP contribution in [-0.2, 0) is 12.3 Å². The first kappa shape index (κ1) is 17.3. The quantitative estimate of drug-likeness (QED) is 0.420. The predicted molar refractivity (Wildman–Crippen MR) is 92.1 cm³/mol. The molecule has 23 heavy (non-hydrogen) atoms. The highest BCUT2D eigenvalue weighted by Crippen LogP contribution is 2.28. The summed E-state index contributed by atoms with van der Waals surface area (Å²) in [6.45, 7) is 10.5. The van der Waals surface area contributed by atoms with Crippen LogP contribution in [0.15, 0.2) is 36.0 Å². The number of aryl methyl sites for hydroxylation is 1. The number of hydrogen-bond acceptors (Lipinski definition) is 5. The molecule has 1 aromatic carbocycles. The SMILES string of the molecule is C=CCn1c(C)nnc1SCc1cc(C(C)=O)ccc1OCC. The van der Waals surface area contributed by atoms with Crippen LogP contribution in [0.1, 0.15) is 35.6 Å². The average molecular weight is 331 g/mol. The lowest BCUT2D eigenvalue weighted by molar-refractivity contribution is 0.101. The maximum absolute atomic E-state index is 11.6. The van der Waals surface area contributed by atoms with E-state index in [1.807, 2.05) is 36.6 Å². The van der Waals surface area contributed by atoms with Gasteiger partial charge in [-0.2, -0.15) is 0 Å². The number of Topliss-reactive ketones (excluding diaryl/α,β-unsaturated/α-hetero) is 1. The van der Waals surface area contributed by atoms with Gasteiger partial charge >= 0.3 is 0 Å². The van der Waals surface area contributed by atoms with Gasteiger partial charge in [-0.25, -0.2) is 0 Å². The van der Waals surface area contributed by atoms with E-state index in [-0.39, 0.29) is 5.78 Å². The summed E-state index contributed by atoms with van der Waals surface area (Å²) in [5, 5.41) is 9.15. The Morgan fingerprint density at radius 2 is 2.22 bits per heavy atom. The molecule has 1 heterocycles. The minimum atomic E-state index is 0.0463. The van der Waals surface area contributed by atoms with Gasteiger partial charge in [0.1, 0.15) is 11.6 Å². The molecule has 0 unspecified atom stereocenters. The van der Waals surface area contributed by atoms with Gasteiger partial charge in [0.2, 0.25) is 0 Å². The highest BCUT2D eigenvalue weighted by Gasteiger charge is 2.12. The second kappa shape index (κ2) is 7.97. The normalized spacial score (nSPS) is 10.6. The Hall–Kier alpha value is -2.08. The van der Waals surface area contributed by atoms with Crippen LogP contribution < -0.4 is 4.74 Å². The standard InChI is InChI=1S/C17H21N3O2S/c1-5-9-20-13(4)18-19-17(20)23-11-15-10-14(12(3)21)7-8-16(15)22-6-2/h5,7-8,10H,1,6,9,11H2,2-4H3. The fourth-order valence-electron chi connectivity index (χ4n) is 2.16. The van der Waals surface area contributed by atoms with E-state index >= 15 is 0 Å². The molecule has 122 valence electrons. The lowest BCUT2D eigenvalue weighted by Gasteiger charge is -2.11. The topological polar surface area (TPSA) is 57.0 Å². The molecule has 1 aromatic heterocycles. The van der Waals surface area contributed by atoms with Crippen LogP contribution in [0.25, 0.3) is 0 Å². The molecule has 0 aliphatic carbocycles. The number of aromatic nitrogens is 3. The Balaban J connectivity index is 2.23. The highest BCUT2D eigenvalue weighted by molar-refractivity contribution is 7.98. The summed E-state index contributed by atoms with van der Waals surface area (Å²) in [5.74, 6) is 2.36. The molecular formula is C17H21N3O2S. The largest absolute Gasteiger partial charge is 0.494 e. The number of hydrogen-bond donors (Lipinski definition) is 0. The maximum atomic E-state index is 11.6. The fraction of sp³-hybridized carbons (Fsp3) is 0.353. The molecule has 0 bridgehead atoms. The van der Waals surface area contributed by atoms with Crippen LogP contribution in [0.4, 0.5) is 0 Å². The fourth-order valence-corrected chi connectivity index (χ4v) is 3.13. The third-order valence-corrected chi connectivity index (χ3v) is 4.35. The molecule has 5 nitrogen and oxygen atoms in total. The Morgan fingerprint density at radius 1 is 1.43 bits per heavy atom. The van der Waals surface area contributed by atoms with Gasteiger partial charge in [-0.05, 0) is 39.0 Å². The minimum absolute atomic E-state index is 0.0463. The zero-order valence-electron chi connectivity index (χ0n) is 13.7. The average Bonchev–Trinajstić information content (AvgIpc) is 2.87. The van der Waals surface area contributed by atoms with E-state index in [1.54, 1.807) is 24.8 Å². The molecule has 0 radical (unpaired) electrons. The second-order valence-corrected chi connectivity index (χ2v) is 5.97. The number of carbonyl (C=O) groups is 1. The molecule has 0 aliphatic rings. The number of ether oxygens (including phenoxy) is 1. The zero-order chi connectivity index (χ0) is 16.8. The molecule has 0 saturated carbocycles. The molecule has 0 spiro atoms. The maximum Gasteiger partial charge on any atom is 0.191 e. The summed E-state index contributed by atoms with van der Waals surface area (Å²) in [6.07, 6.45) is 1.82. The molecule has 6 heteroatoms. The van der Waals surface area contributed by atoms with E-state index in [2.05, 4.69) is 16.8 Å². The van der Waals surface area contributed by atoms with Crippen LogP contribution in [0.3, 0.4) is 0 Å². The number of benzene rings is 1. The molecule has 0 aliphatic heterocycles. The number of nitrogens with zero attached hydrogens (tertiary/aromatic N) is 3. The van der Waals surface area contributed by atoms with Crippen molar-refractivity contribution in [2.75, 3.05) is 6.61 Å². The number of thioether (sulfide) groups is 1. The lowest BCUT2D eigenvalue weighted by atomic mass is 10.1. The summed E-state index contributed by atoms with van der Waals surface area (Å²) in [5.41, 5.74) is 1.67. The Morgan fingerprint density at radius 3 is 2.87 bits per heavy atom. The molecule has 2 rings (SSSR count). The van der Waals surface area contributed by atoms with Crippen molar-refractivity contribution in [1.82, 2.24) is 14.8 Å². The third-order valence-electron chi connectivity index (χ3n) is 3.34. The van der Waals surface area contributed by atoms with Crippen LogP contribution in [0, 0.1) is 6.92 Å². The van der Waals surface area contributed by atoms with Gasteiger partial charge in [0, 0.05) is 23.4 Å². The Labute approximate surface area is 140 Å². The summed E-state index contributed by atoms with van der Waals surface area (Å²) in [7, 11) is 0. The van der Waals surface area contributed by atoms with E-state index in [0.29, 0.717) is 24.5 Å². The van der Waals surface area contributed by atoms with Crippen molar-refractivity contribution in [3.63, 3.8) is 0 Å². The smallest absolute Gasteiger partial charge is 0.191 e. The summed E-state index contributed by atoms with van der Waals surface area (Å²) in [4.78, 5) is 11.6. The van der Waals surface area contributed by atoms with Crippen molar-refractivity contribution in [1.29, 1.82) is 0 Å². The van der Waals surface area contributed by atoms with Gasteiger partial charge in [-0.15, -0.1) is 16.8 Å². The summed E-state index contributed by atoms with van der Waals surface area (Å²) < 4.78 is 7.67. The van der Waals surface area contributed by atoms with Crippen molar-refractivity contribution in [2.24, 2.45) is 0 Å². The van der Waals surface area contributed by atoms with Crippen LogP contribution in [0.5, 0.6) is 5.75 Å². The zero-order valence-corrected chi connectivity index (χ0v) is 14.5. The van der Waals surface area contributed by atoms with Gasteiger partial charge in [0.25, 0.3) is 0 Å². The van der Waals surface area contributed by atoms with E-state index in [0.717, 1.165) is 22.3 Å². The summed E-state index contributed by atoms with van der Waals surface area (Å²) in [6, 6.07) is 5.54. The van der Waals surface area contributed by atoms with E-state index in [9.17, 15) is 4.79 Å². The molecule has 0 amide bonds. The van der Waals surface area contributed by atoms with Gasteiger partial charge in [0.05, 0.1) is 6.61 Å². The second-order valence-electron chi connectivity index (χ2n) is 5.03. The first-order chi connectivity index (χ1) is 11.1. The van der Waals surface area contributed by atoms with Crippen molar-refractivity contribution in [3.05, 3.63) is 47.8 Å². The molecule has 0 fully saturated rings. The van der Waals surface area contributed by atoms with Crippen molar-refractivity contribution in [3.8, 4) is 5.75 Å².